The van der Waals surface area contributed by atoms with E-state index in [1.807, 2.05) is 36.4 Å². The Kier molecular flexibility index (Phi) is 6.00. The number of hydrogen-bond donors (Lipinski definition) is 0. The highest BCUT2D eigenvalue weighted by Gasteiger charge is 2.40. The molecule has 0 aliphatic carbocycles. The fourth-order valence-electron chi connectivity index (χ4n) is 3.21. The zero-order valence-electron chi connectivity index (χ0n) is 16.1. The minimum atomic E-state index is -0.344. The Morgan fingerprint density at radius 1 is 0.767 bits per heavy atom. The molecule has 0 unspecified atom stereocenters. The van der Waals surface area contributed by atoms with E-state index in [-0.39, 0.29) is 11.8 Å². The van der Waals surface area contributed by atoms with E-state index in [4.69, 9.17) is 23.2 Å². The maximum absolute atomic E-state index is 13.4. The lowest BCUT2D eigenvalue weighted by atomic mass is 10.1. The van der Waals surface area contributed by atoms with Gasteiger partial charge in [0, 0.05) is 14.9 Å². The van der Waals surface area contributed by atoms with Gasteiger partial charge in [0.15, 0.2) is 0 Å². The van der Waals surface area contributed by atoms with Gasteiger partial charge < -0.3 is 0 Å². The Morgan fingerprint density at radius 3 is 1.90 bits per heavy atom. The van der Waals surface area contributed by atoms with Crippen LogP contribution in [0.5, 0.6) is 0 Å². The molecule has 0 saturated carbocycles. The van der Waals surface area contributed by atoms with Gasteiger partial charge >= 0.3 is 0 Å². The molecule has 0 aromatic heterocycles. The summed E-state index contributed by atoms with van der Waals surface area (Å²) in [6.07, 6.45) is 0.883. The number of amides is 2. The highest BCUT2D eigenvalue weighted by Crippen LogP contribution is 2.41. The SMILES string of the molecule is CCc1ccc(N2C(=O)C(Sc3ccc(Cl)cc3)=C(c3ccc(Cl)cc3)C2=O)cc1. The maximum Gasteiger partial charge on any atom is 0.272 e. The van der Waals surface area contributed by atoms with E-state index in [9.17, 15) is 9.59 Å². The van der Waals surface area contributed by atoms with Crippen LogP contribution in [0.25, 0.3) is 5.57 Å². The Balaban J connectivity index is 1.78. The molecule has 1 heterocycles. The normalized spacial score (nSPS) is 14.0. The maximum atomic E-state index is 13.4. The van der Waals surface area contributed by atoms with Gasteiger partial charge in [-0.2, -0.15) is 0 Å². The molecule has 3 nitrogen and oxygen atoms in total. The minimum absolute atomic E-state index is 0.339. The molecule has 0 atom stereocenters. The van der Waals surface area contributed by atoms with Crippen molar-refractivity contribution in [2.24, 2.45) is 0 Å². The molecule has 1 aliphatic rings. The van der Waals surface area contributed by atoms with Crippen LogP contribution in [-0.2, 0) is 16.0 Å². The smallest absolute Gasteiger partial charge is 0.268 e. The van der Waals surface area contributed by atoms with Crippen LogP contribution >= 0.6 is 35.0 Å². The number of nitrogens with zero attached hydrogens (tertiary/aromatic N) is 1. The molecule has 4 rings (SSSR count). The second-order valence-electron chi connectivity index (χ2n) is 6.73. The zero-order chi connectivity index (χ0) is 21.3. The van der Waals surface area contributed by atoms with Gasteiger partial charge in [-0.05, 0) is 66.1 Å². The van der Waals surface area contributed by atoms with Gasteiger partial charge in [-0.15, -0.1) is 0 Å². The molecule has 3 aromatic rings. The highest BCUT2D eigenvalue weighted by molar-refractivity contribution is 8.04. The van der Waals surface area contributed by atoms with Crippen molar-refractivity contribution >= 4 is 58.0 Å². The number of carbonyl (C=O) groups is 2. The number of hydrogen-bond acceptors (Lipinski definition) is 3. The van der Waals surface area contributed by atoms with Crippen LogP contribution in [0.2, 0.25) is 10.0 Å². The van der Waals surface area contributed by atoms with Crippen molar-refractivity contribution in [2.75, 3.05) is 4.90 Å². The number of rotatable bonds is 5. The average molecular weight is 454 g/mol. The summed E-state index contributed by atoms with van der Waals surface area (Å²) in [6, 6.07) is 21.6. The standard InChI is InChI=1S/C24H17Cl2NO2S/c1-2-15-3-11-19(12-4-15)27-23(28)21(16-5-7-17(25)8-6-16)22(24(27)29)30-20-13-9-18(26)10-14-20/h3-14H,2H2,1H3. The molecule has 0 bridgehead atoms. The van der Waals surface area contributed by atoms with E-state index in [1.165, 1.54) is 16.7 Å². The Morgan fingerprint density at radius 2 is 1.33 bits per heavy atom. The molecule has 1 aliphatic heterocycles. The molecule has 30 heavy (non-hydrogen) atoms. The predicted octanol–water partition coefficient (Wildman–Crippen LogP) is 6.63. The van der Waals surface area contributed by atoms with Gasteiger partial charge in [-0.1, -0.05) is 66.2 Å². The Labute approximate surface area is 189 Å². The van der Waals surface area contributed by atoms with E-state index in [1.54, 1.807) is 36.4 Å². The minimum Gasteiger partial charge on any atom is -0.268 e. The van der Waals surface area contributed by atoms with E-state index in [0.717, 1.165) is 16.9 Å². The van der Waals surface area contributed by atoms with E-state index in [0.29, 0.717) is 31.8 Å². The molecule has 3 aromatic carbocycles. The summed E-state index contributed by atoms with van der Waals surface area (Å²) < 4.78 is 0. The van der Waals surface area contributed by atoms with Crippen LogP contribution in [0.15, 0.2) is 82.6 Å². The number of aryl methyl sites for hydroxylation is 1. The first kappa shape index (κ1) is 20.7. The third-order valence-corrected chi connectivity index (χ3v) is 6.41. The van der Waals surface area contributed by atoms with Crippen LogP contribution in [-0.4, -0.2) is 11.8 Å². The fourth-order valence-corrected chi connectivity index (χ4v) is 4.46. The first-order valence-electron chi connectivity index (χ1n) is 9.39. The van der Waals surface area contributed by atoms with Crippen LogP contribution in [0.3, 0.4) is 0 Å². The van der Waals surface area contributed by atoms with E-state index < -0.39 is 0 Å². The van der Waals surface area contributed by atoms with E-state index >= 15 is 0 Å². The van der Waals surface area contributed by atoms with Crippen LogP contribution in [0, 0.1) is 0 Å². The van der Waals surface area contributed by atoms with Gasteiger partial charge in [0.05, 0.1) is 16.2 Å². The lowest BCUT2D eigenvalue weighted by molar-refractivity contribution is -0.119. The number of thioether (sulfide) groups is 1. The van der Waals surface area contributed by atoms with Crippen molar-refractivity contribution in [3.63, 3.8) is 0 Å². The molecule has 0 radical (unpaired) electrons. The number of imide groups is 1. The average Bonchev–Trinajstić information content (AvgIpc) is 3.00. The monoisotopic (exact) mass is 453 g/mol. The van der Waals surface area contributed by atoms with Crippen molar-refractivity contribution in [1.29, 1.82) is 0 Å². The Bertz CT molecular complexity index is 1140. The lowest BCUT2D eigenvalue weighted by Crippen LogP contribution is -2.31. The molecule has 2 amide bonds. The summed E-state index contributed by atoms with van der Waals surface area (Å²) in [5.74, 6) is -0.683. The summed E-state index contributed by atoms with van der Waals surface area (Å²) in [7, 11) is 0. The number of benzene rings is 3. The van der Waals surface area contributed by atoms with Crippen molar-refractivity contribution in [1.82, 2.24) is 0 Å². The van der Waals surface area contributed by atoms with Crippen molar-refractivity contribution < 1.29 is 9.59 Å². The number of carbonyl (C=O) groups excluding carboxylic acids is 2. The summed E-state index contributed by atoms with van der Waals surface area (Å²) in [6.45, 7) is 2.06. The molecule has 6 heteroatoms. The van der Waals surface area contributed by atoms with Crippen LogP contribution in [0.4, 0.5) is 5.69 Å². The lowest BCUT2D eigenvalue weighted by Gasteiger charge is -2.15. The second kappa shape index (κ2) is 8.68. The molecular weight excluding hydrogens is 437 g/mol. The molecule has 0 spiro atoms. The zero-order valence-corrected chi connectivity index (χ0v) is 18.4. The van der Waals surface area contributed by atoms with Gasteiger partial charge in [-0.25, -0.2) is 4.90 Å². The molecule has 0 fully saturated rings. The largest absolute Gasteiger partial charge is 0.272 e. The predicted molar refractivity (Wildman–Crippen MR) is 124 cm³/mol. The van der Waals surface area contributed by atoms with Crippen LogP contribution < -0.4 is 4.90 Å². The Hall–Kier alpha value is -2.53. The highest BCUT2D eigenvalue weighted by atomic mass is 35.5. The third-order valence-electron chi connectivity index (χ3n) is 4.81. The summed E-state index contributed by atoms with van der Waals surface area (Å²) in [5.41, 5.74) is 2.72. The summed E-state index contributed by atoms with van der Waals surface area (Å²) in [4.78, 5) is 29.2. The molecule has 0 N–H and O–H groups in total. The summed E-state index contributed by atoms with van der Waals surface area (Å²) >= 11 is 13.3. The van der Waals surface area contributed by atoms with Crippen molar-refractivity contribution in [3.05, 3.63) is 98.9 Å². The third kappa shape index (κ3) is 4.04. The van der Waals surface area contributed by atoms with Gasteiger partial charge in [0.1, 0.15) is 0 Å². The number of anilines is 1. The van der Waals surface area contributed by atoms with E-state index in [2.05, 4.69) is 6.92 Å². The van der Waals surface area contributed by atoms with Crippen molar-refractivity contribution in [2.45, 2.75) is 18.2 Å². The van der Waals surface area contributed by atoms with Gasteiger partial charge in [-0.3, -0.25) is 9.59 Å². The fraction of sp³-hybridized carbons (Fsp3) is 0.0833. The number of halogens is 2. The van der Waals surface area contributed by atoms with Crippen molar-refractivity contribution in [3.8, 4) is 0 Å². The van der Waals surface area contributed by atoms with Gasteiger partial charge in [0.2, 0.25) is 0 Å². The quantitative estimate of drug-likeness (QED) is 0.406. The van der Waals surface area contributed by atoms with Gasteiger partial charge in [0.25, 0.3) is 11.8 Å². The first-order chi connectivity index (χ1) is 14.5. The summed E-state index contributed by atoms with van der Waals surface area (Å²) in [5, 5.41) is 1.17. The molecular formula is C24H17Cl2NO2S. The van der Waals surface area contributed by atoms with Crippen LogP contribution in [0.1, 0.15) is 18.1 Å². The topological polar surface area (TPSA) is 37.4 Å². The second-order valence-corrected chi connectivity index (χ2v) is 8.69. The molecule has 0 saturated heterocycles. The molecule has 150 valence electrons. The first-order valence-corrected chi connectivity index (χ1v) is 11.0.